The molecule has 0 saturated heterocycles. The number of carbonyl (C=O) groups is 1. The first-order valence-corrected chi connectivity index (χ1v) is 6.75. The van der Waals surface area contributed by atoms with Gasteiger partial charge in [0.25, 0.3) is 0 Å². The second kappa shape index (κ2) is 6.20. The summed E-state index contributed by atoms with van der Waals surface area (Å²) in [6.45, 7) is 7.20. The highest BCUT2D eigenvalue weighted by Gasteiger charge is 2.16. The van der Waals surface area contributed by atoms with Crippen LogP contribution in [0.4, 0.5) is 0 Å². The topological polar surface area (TPSA) is 59.4 Å². The highest BCUT2D eigenvalue weighted by atomic mass is 32.2. The van der Waals surface area contributed by atoms with Crippen molar-refractivity contribution in [1.82, 2.24) is 4.98 Å². The number of pyridine rings is 1. The number of aliphatic hydroxyl groups is 1. The van der Waals surface area contributed by atoms with Crippen LogP contribution in [0.2, 0.25) is 0 Å². The van der Waals surface area contributed by atoms with Gasteiger partial charge in [-0.05, 0) is 45.4 Å². The third-order valence-electron chi connectivity index (χ3n) is 2.00. The molecule has 0 aromatic carbocycles. The molecule has 1 aromatic heterocycles. The van der Waals surface area contributed by atoms with Crippen molar-refractivity contribution in [2.75, 3.05) is 5.75 Å². The summed E-state index contributed by atoms with van der Waals surface area (Å²) in [4.78, 5) is 15.7. The van der Waals surface area contributed by atoms with Crippen molar-refractivity contribution in [2.45, 2.75) is 44.4 Å². The van der Waals surface area contributed by atoms with E-state index in [1.165, 1.54) is 11.8 Å². The maximum Gasteiger partial charge on any atom is 0.316 e. The molecule has 100 valence electrons. The number of thioether (sulfide) groups is 1. The van der Waals surface area contributed by atoms with Crippen molar-refractivity contribution >= 4 is 17.7 Å². The molecule has 1 heterocycles. The summed E-state index contributed by atoms with van der Waals surface area (Å²) in [7, 11) is 0. The molecule has 1 N–H and O–H groups in total. The quantitative estimate of drug-likeness (QED) is 0.672. The predicted octanol–water partition coefficient (Wildman–Crippen LogP) is 2.57. The first-order valence-electron chi connectivity index (χ1n) is 5.76. The van der Waals surface area contributed by atoms with Crippen LogP contribution in [-0.2, 0) is 9.53 Å². The summed E-state index contributed by atoms with van der Waals surface area (Å²) in [5.74, 6) is -0.0511. The van der Waals surface area contributed by atoms with E-state index in [-0.39, 0.29) is 11.7 Å². The second-order valence-corrected chi connectivity index (χ2v) is 5.97. The zero-order valence-electron chi connectivity index (χ0n) is 11.1. The van der Waals surface area contributed by atoms with Crippen LogP contribution in [0.25, 0.3) is 0 Å². The van der Waals surface area contributed by atoms with E-state index in [9.17, 15) is 9.90 Å². The summed E-state index contributed by atoms with van der Waals surface area (Å²) in [6.07, 6.45) is 1.09. The maximum atomic E-state index is 11.5. The lowest BCUT2D eigenvalue weighted by Gasteiger charge is -2.19. The molecular formula is C13H19NO3S. The summed E-state index contributed by atoms with van der Waals surface area (Å²) in [5, 5.41) is 10.2. The van der Waals surface area contributed by atoms with Gasteiger partial charge in [0.2, 0.25) is 0 Å². The number of nitrogens with zero attached hydrogens (tertiary/aromatic N) is 1. The molecule has 0 aliphatic carbocycles. The van der Waals surface area contributed by atoms with Crippen LogP contribution >= 0.6 is 11.8 Å². The summed E-state index contributed by atoms with van der Waals surface area (Å²) < 4.78 is 5.20. The Labute approximate surface area is 112 Å². The van der Waals surface area contributed by atoms with Gasteiger partial charge in [-0.25, -0.2) is 4.98 Å². The molecule has 0 aliphatic heterocycles. The van der Waals surface area contributed by atoms with Crippen LogP contribution in [0.1, 0.15) is 39.4 Å². The van der Waals surface area contributed by atoms with Gasteiger partial charge in [0.15, 0.2) is 0 Å². The summed E-state index contributed by atoms with van der Waals surface area (Å²) >= 11 is 1.30. The highest BCUT2D eigenvalue weighted by molar-refractivity contribution is 7.99. The molecule has 0 bridgehead atoms. The number of hydrogen-bond acceptors (Lipinski definition) is 5. The van der Waals surface area contributed by atoms with Gasteiger partial charge >= 0.3 is 5.97 Å². The number of carbonyl (C=O) groups excluding carboxylic acids is 1. The predicted molar refractivity (Wildman–Crippen MR) is 71.4 cm³/mol. The van der Waals surface area contributed by atoms with E-state index in [0.29, 0.717) is 5.03 Å². The molecule has 1 aromatic rings. The van der Waals surface area contributed by atoms with Crippen molar-refractivity contribution in [1.29, 1.82) is 0 Å². The van der Waals surface area contributed by atoms with Crippen LogP contribution < -0.4 is 0 Å². The Morgan fingerprint density at radius 1 is 1.56 bits per heavy atom. The Hall–Kier alpha value is -1.07. The molecule has 0 aliphatic rings. The summed E-state index contributed by atoms with van der Waals surface area (Å²) in [6, 6.07) is 3.53. The minimum absolute atomic E-state index is 0.216. The lowest BCUT2D eigenvalue weighted by atomic mass is 10.2. The van der Waals surface area contributed by atoms with Gasteiger partial charge in [0.1, 0.15) is 5.60 Å². The molecule has 4 nitrogen and oxygen atoms in total. The Bertz CT molecular complexity index is 413. The number of aliphatic hydroxyl groups excluding tert-OH is 1. The van der Waals surface area contributed by atoms with Crippen LogP contribution in [0.3, 0.4) is 0 Å². The fraction of sp³-hybridized carbons (Fsp3) is 0.538. The number of ether oxygens (including phenoxy) is 1. The minimum atomic E-state index is -0.533. The van der Waals surface area contributed by atoms with Crippen LogP contribution in [0.5, 0.6) is 0 Å². The Kier molecular flexibility index (Phi) is 5.16. The van der Waals surface area contributed by atoms with Gasteiger partial charge in [0.05, 0.1) is 16.9 Å². The second-order valence-electron chi connectivity index (χ2n) is 4.98. The average molecular weight is 269 g/mol. The lowest BCUT2D eigenvalue weighted by Crippen LogP contribution is -2.24. The minimum Gasteiger partial charge on any atom is -0.459 e. The third kappa shape index (κ3) is 5.51. The monoisotopic (exact) mass is 269 g/mol. The molecule has 5 heteroatoms. The van der Waals surface area contributed by atoms with Crippen molar-refractivity contribution < 1.29 is 14.6 Å². The fourth-order valence-corrected chi connectivity index (χ4v) is 1.95. The average Bonchev–Trinajstić information content (AvgIpc) is 2.24. The highest BCUT2D eigenvalue weighted by Crippen LogP contribution is 2.20. The fourth-order valence-electron chi connectivity index (χ4n) is 1.27. The van der Waals surface area contributed by atoms with E-state index in [2.05, 4.69) is 4.98 Å². The molecule has 0 saturated carbocycles. The molecule has 0 amide bonds. The van der Waals surface area contributed by atoms with Gasteiger partial charge in [0, 0.05) is 6.20 Å². The molecule has 1 atom stereocenters. The first kappa shape index (κ1) is 15.0. The molecule has 1 rings (SSSR count). The smallest absolute Gasteiger partial charge is 0.316 e. The van der Waals surface area contributed by atoms with Crippen molar-refractivity contribution in [2.24, 2.45) is 0 Å². The van der Waals surface area contributed by atoms with Gasteiger partial charge < -0.3 is 9.84 Å². The normalized spacial score (nSPS) is 13.2. The van der Waals surface area contributed by atoms with Gasteiger partial charge in [-0.15, -0.1) is 0 Å². The van der Waals surface area contributed by atoms with Crippen molar-refractivity contribution in [3.8, 4) is 0 Å². The SMILES string of the molecule is C[C@@H](O)c1ccnc(SCC(=O)OC(C)(C)C)c1. The maximum absolute atomic E-state index is 11.5. The van der Waals surface area contributed by atoms with E-state index in [1.807, 2.05) is 20.8 Å². The molecule has 18 heavy (non-hydrogen) atoms. The van der Waals surface area contributed by atoms with Crippen LogP contribution in [-0.4, -0.2) is 27.4 Å². The van der Waals surface area contributed by atoms with E-state index in [1.54, 1.807) is 25.3 Å². The van der Waals surface area contributed by atoms with Gasteiger partial charge in [-0.3, -0.25) is 4.79 Å². The lowest BCUT2D eigenvalue weighted by molar-refractivity contribution is -0.151. The Morgan fingerprint density at radius 2 is 2.22 bits per heavy atom. The van der Waals surface area contributed by atoms with E-state index < -0.39 is 11.7 Å². The molecule has 0 unspecified atom stereocenters. The van der Waals surface area contributed by atoms with Crippen LogP contribution in [0.15, 0.2) is 23.4 Å². The Morgan fingerprint density at radius 3 is 2.78 bits per heavy atom. The molecule has 0 radical (unpaired) electrons. The van der Waals surface area contributed by atoms with Crippen LogP contribution in [0, 0.1) is 0 Å². The first-order chi connectivity index (χ1) is 8.28. The van der Waals surface area contributed by atoms with Gasteiger partial charge in [-0.1, -0.05) is 11.8 Å². The largest absolute Gasteiger partial charge is 0.459 e. The number of aromatic nitrogens is 1. The third-order valence-corrected chi connectivity index (χ3v) is 2.90. The molecular weight excluding hydrogens is 250 g/mol. The zero-order valence-corrected chi connectivity index (χ0v) is 12.0. The number of esters is 1. The number of hydrogen-bond donors (Lipinski definition) is 1. The standard InChI is InChI=1S/C13H19NO3S/c1-9(15)10-5-6-14-11(7-10)18-8-12(16)17-13(2,3)4/h5-7,9,15H,8H2,1-4H3/t9-/m1/s1. The Balaban J connectivity index is 2.53. The molecule has 0 fully saturated rings. The van der Waals surface area contributed by atoms with Gasteiger partial charge in [-0.2, -0.15) is 0 Å². The summed E-state index contributed by atoms with van der Waals surface area (Å²) in [5.41, 5.74) is 0.323. The molecule has 0 spiro atoms. The van der Waals surface area contributed by atoms with E-state index in [0.717, 1.165) is 5.56 Å². The van der Waals surface area contributed by atoms with E-state index in [4.69, 9.17) is 4.74 Å². The van der Waals surface area contributed by atoms with Crippen molar-refractivity contribution in [3.63, 3.8) is 0 Å². The van der Waals surface area contributed by atoms with Crippen molar-refractivity contribution in [3.05, 3.63) is 23.9 Å². The number of rotatable bonds is 4. The van der Waals surface area contributed by atoms with E-state index >= 15 is 0 Å². The zero-order chi connectivity index (χ0) is 13.8.